The smallest absolute Gasteiger partial charge is 0.130 e. The Morgan fingerprint density at radius 3 is 1.96 bits per heavy atom. The van der Waals surface area contributed by atoms with Crippen LogP contribution in [-0.2, 0) is 23.5 Å². The molecule has 2 aromatic rings. The molecule has 0 N–H and O–H groups in total. The summed E-state index contributed by atoms with van der Waals surface area (Å²) < 4.78 is 12.5. The molecule has 0 radical (unpaired) electrons. The fourth-order valence-electron chi connectivity index (χ4n) is 3.03. The molecule has 0 amide bonds. The number of rotatable bonds is 5. The Kier molecular flexibility index (Phi) is 7.44. The van der Waals surface area contributed by atoms with Gasteiger partial charge in [0, 0.05) is 38.0 Å². The Labute approximate surface area is 148 Å². The number of nitrogens with zero attached hydrogens (tertiary/aromatic N) is 1. The zero-order valence-electron chi connectivity index (χ0n) is 13.3. The molecule has 0 aliphatic carbocycles. The number of piperidine rings is 1. The van der Waals surface area contributed by atoms with Gasteiger partial charge in [0.1, 0.15) is 11.0 Å². The van der Waals surface area contributed by atoms with E-state index in [0.717, 1.165) is 32.5 Å². The van der Waals surface area contributed by atoms with E-state index < -0.39 is 11.2 Å². The summed E-state index contributed by atoms with van der Waals surface area (Å²) >= 11 is -0.746. The lowest BCUT2D eigenvalue weighted by Crippen LogP contribution is -2.39. The normalized spacial score (nSPS) is 17.4. The van der Waals surface area contributed by atoms with Crippen molar-refractivity contribution >= 4 is 23.6 Å². The average Bonchev–Trinajstić information content (AvgIpc) is 2.57. The van der Waals surface area contributed by atoms with E-state index in [4.69, 9.17) is 0 Å². The fraction of sp³-hybridized carbons (Fsp3) is 0.368. The Balaban J connectivity index is 0.00000192. The second-order valence-corrected chi connectivity index (χ2v) is 7.69. The third-order valence-corrected chi connectivity index (χ3v) is 6.14. The van der Waals surface area contributed by atoms with E-state index in [1.165, 1.54) is 11.1 Å². The molecule has 0 aromatic heterocycles. The van der Waals surface area contributed by atoms with Gasteiger partial charge < -0.3 is 4.55 Å². The summed E-state index contributed by atoms with van der Waals surface area (Å²) in [6.07, 6.45) is 2.10. The summed E-state index contributed by atoms with van der Waals surface area (Å²) in [4.78, 5) is 2.48. The van der Waals surface area contributed by atoms with Crippen LogP contribution in [-0.4, -0.2) is 27.8 Å². The molecule has 2 nitrogen and oxygen atoms in total. The van der Waals surface area contributed by atoms with Gasteiger partial charge in [-0.1, -0.05) is 60.7 Å². The monoisotopic (exact) mass is 349 g/mol. The third kappa shape index (κ3) is 5.54. The summed E-state index contributed by atoms with van der Waals surface area (Å²) in [5.74, 6) is 0.699. The van der Waals surface area contributed by atoms with Gasteiger partial charge in [0.25, 0.3) is 0 Å². The maximum atomic E-state index is 12.5. The lowest BCUT2D eigenvalue weighted by atomic mass is 10.1. The first-order valence-electron chi connectivity index (χ1n) is 7.98. The van der Waals surface area contributed by atoms with Crippen molar-refractivity contribution in [2.24, 2.45) is 0 Å². The Hall–Kier alpha value is -1.00. The zero-order valence-corrected chi connectivity index (χ0v) is 14.9. The van der Waals surface area contributed by atoms with Crippen LogP contribution in [0.15, 0.2) is 60.7 Å². The summed E-state index contributed by atoms with van der Waals surface area (Å²) in [5.41, 5.74) is 2.55. The van der Waals surface area contributed by atoms with Crippen LogP contribution in [0.5, 0.6) is 0 Å². The van der Waals surface area contributed by atoms with Crippen LogP contribution in [0.3, 0.4) is 0 Å². The van der Waals surface area contributed by atoms with Gasteiger partial charge >= 0.3 is 0 Å². The highest BCUT2D eigenvalue weighted by Gasteiger charge is 2.28. The molecule has 3 rings (SSSR count). The van der Waals surface area contributed by atoms with Gasteiger partial charge in [-0.2, -0.15) is 0 Å². The highest BCUT2D eigenvalue weighted by atomic mass is 35.5. The van der Waals surface area contributed by atoms with E-state index in [0.29, 0.717) is 11.0 Å². The van der Waals surface area contributed by atoms with Crippen molar-refractivity contribution in [2.45, 2.75) is 30.4 Å². The lowest BCUT2D eigenvalue weighted by Gasteiger charge is -2.32. The first-order valence-corrected chi connectivity index (χ1v) is 9.37. The Morgan fingerprint density at radius 2 is 1.39 bits per heavy atom. The molecule has 1 atom stereocenters. The second kappa shape index (κ2) is 9.33. The molecule has 1 aliphatic rings. The largest absolute Gasteiger partial charge is 0.616 e. The van der Waals surface area contributed by atoms with Crippen LogP contribution >= 0.6 is 12.4 Å². The van der Waals surface area contributed by atoms with Crippen LogP contribution in [0.1, 0.15) is 24.0 Å². The van der Waals surface area contributed by atoms with Crippen LogP contribution in [0.2, 0.25) is 0 Å². The number of benzene rings is 2. The van der Waals surface area contributed by atoms with Gasteiger partial charge in [0.2, 0.25) is 0 Å². The highest BCUT2D eigenvalue weighted by Crippen LogP contribution is 2.22. The first kappa shape index (κ1) is 18.3. The molecule has 1 fully saturated rings. The minimum atomic E-state index is -0.746. The van der Waals surface area contributed by atoms with Gasteiger partial charge in [-0.05, 0) is 16.7 Å². The molecule has 23 heavy (non-hydrogen) atoms. The molecule has 0 saturated carbocycles. The molecule has 0 bridgehead atoms. The summed E-state index contributed by atoms with van der Waals surface area (Å²) in [6, 6.07) is 20.8. The second-order valence-electron chi connectivity index (χ2n) is 5.97. The van der Waals surface area contributed by atoms with Crippen LogP contribution < -0.4 is 0 Å². The van der Waals surface area contributed by atoms with Gasteiger partial charge in [0.15, 0.2) is 0 Å². The fourth-order valence-corrected chi connectivity index (χ4v) is 4.52. The first-order chi connectivity index (χ1) is 10.8. The summed E-state index contributed by atoms with van der Waals surface area (Å²) in [5, 5.41) is 0.354. The standard InChI is InChI=1S/C19H23NOS.ClH/c21-22(16-18-9-5-2-6-10-18)19-11-13-20(14-12-19)15-17-7-3-1-4-8-17;/h1-10,19H,11-16H2;1H. The molecule has 0 spiro atoms. The molecule has 1 saturated heterocycles. The maximum Gasteiger partial charge on any atom is 0.130 e. The topological polar surface area (TPSA) is 26.3 Å². The Morgan fingerprint density at radius 1 is 0.870 bits per heavy atom. The Bertz CT molecular complexity index is 558. The molecular formula is C19H24ClNOS. The predicted molar refractivity (Wildman–Crippen MR) is 100 cm³/mol. The molecular weight excluding hydrogens is 326 g/mol. The van der Waals surface area contributed by atoms with E-state index in [1.54, 1.807) is 0 Å². The predicted octanol–water partition coefficient (Wildman–Crippen LogP) is 4.02. The van der Waals surface area contributed by atoms with Gasteiger partial charge in [-0.15, -0.1) is 12.4 Å². The molecule has 4 heteroatoms. The minimum absolute atomic E-state index is 0. The van der Waals surface area contributed by atoms with Crippen LogP contribution in [0.25, 0.3) is 0 Å². The van der Waals surface area contributed by atoms with Crippen LogP contribution in [0, 0.1) is 0 Å². The minimum Gasteiger partial charge on any atom is -0.616 e. The number of hydrogen-bond donors (Lipinski definition) is 0. The van der Waals surface area contributed by atoms with Crippen molar-refractivity contribution in [1.82, 2.24) is 4.90 Å². The highest BCUT2D eigenvalue weighted by molar-refractivity contribution is 7.91. The quantitative estimate of drug-likeness (QED) is 0.762. The number of likely N-dealkylation sites (tertiary alicyclic amines) is 1. The van der Waals surface area contributed by atoms with E-state index in [1.807, 2.05) is 18.2 Å². The molecule has 2 aromatic carbocycles. The number of hydrogen-bond acceptors (Lipinski definition) is 2. The van der Waals surface area contributed by atoms with Gasteiger partial charge in [-0.3, -0.25) is 4.90 Å². The number of halogens is 1. The molecule has 1 aliphatic heterocycles. The van der Waals surface area contributed by atoms with Crippen molar-refractivity contribution in [3.8, 4) is 0 Å². The average molecular weight is 350 g/mol. The van der Waals surface area contributed by atoms with Crippen molar-refractivity contribution in [1.29, 1.82) is 0 Å². The SMILES string of the molecule is Cl.[O-][S+](Cc1ccccc1)C1CCN(Cc2ccccc2)CC1. The lowest BCUT2D eigenvalue weighted by molar-refractivity contribution is 0.222. The van der Waals surface area contributed by atoms with Crippen molar-refractivity contribution in [3.63, 3.8) is 0 Å². The van der Waals surface area contributed by atoms with E-state index in [2.05, 4.69) is 47.4 Å². The van der Waals surface area contributed by atoms with Crippen LogP contribution in [0.4, 0.5) is 0 Å². The van der Waals surface area contributed by atoms with Crippen molar-refractivity contribution < 1.29 is 4.55 Å². The van der Waals surface area contributed by atoms with E-state index in [-0.39, 0.29) is 12.4 Å². The van der Waals surface area contributed by atoms with Crippen molar-refractivity contribution in [3.05, 3.63) is 71.8 Å². The molecule has 124 valence electrons. The molecule has 1 unspecified atom stereocenters. The third-order valence-electron chi connectivity index (χ3n) is 4.31. The summed E-state index contributed by atoms with van der Waals surface area (Å²) in [6.45, 7) is 3.12. The maximum absolute atomic E-state index is 12.5. The van der Waals surface area contributed by atoms with Gasteiger partial charge in [-0.25, -0.2) is 0 Å². The molecule has 1 heterocycles. The van der Waals surface area contributed by atoms with E-state index in [9.17, 15) is 4.55 Å². The van der Waals surface area contributed by atoms with E-state index >= 15 is 0 Å². The zero-order chi connectivity index (χ0) is 15.2. The van der Waals surface area contributed by atoms with Crippen molar-refractivity contribution in [2.75, 3.05) is 13.1 Å². The summed E-state index contributed by atoms with van der Waals surface area (Å²) in [7, 11) is 0. The van der Waals surface area contributed by atoms with Gasteiger partial charge in [0.05, 0.1) is 0 Å².